The summed E-state index contributed by atoms with van der Waals surface area (Å²) in [5, 5.41) is 5.37. The number of carbonyl (C=O) groups is 1. The van der Waals surface area contributed by atoms with Crippen molar-refractivity contribution in [1.29, 1.82) is 0 Å². The summed E-state index contributed by atoms with van der Waals surface area (Å²) in [6.45, 7) is 2.55. The van der Waals surface area contributed by atoms with Gasteiger partial charge in [-0.15, -0.1) is 11.3 Å². The monoisotopic (exact) mass is 286 g/mol. The van der Waals surface area contributed by atoms with Gasteiger partial charge in [-0.1, -0.05) is 13.0 Å². The number of nitrogens with zero attached hydrogens (tertiary/aromatic N) is 1. The molecule has 1 fully saturated rings. The molecule has 1 N–H and O–H groups in total. The number of amides is 1. The van der Waals surface area contributed by atoms with Gasteiger partial charge in [0.05, 0.1) is 6.04 Å². The van der Waals surface area contributed by atoms with E-state index in [1.165, 1.54) is 0 Å². The average molecular weight is 286 g/mol. The summed E-state index contributed by atoms with van der Waals surface area (Å²) in [5.41, 5.74) is 0. The van der Waals surface area contributed by atoms with Crippen molar-refractivity contribution in [3.8, 4) is 0 Å². The van der Waals surface area contributed by atoms with Crippen molar-refractivity contribution in [2.45, 2.75) is 25.6 Å². The van der Waals surface area contributed by atoms with E-state index in [2.05, 4.69) is 5.32 Å². The third-order valence-corrected chi connectivity index (χ3v) is 4.77. The number of hydrogen-bond acceptors (Lipinski definition) is 4. The zero-order chi connectivity index (χ0) is 13.1. The van der Waals surface area contributed by atoms with E-state index < -0.39 is 10.8 Å². The van der Waals surface area contributed by atoms with Crippen LogP contribution in [0.2, 0.25) is 0 Å². The number of nitrogens with one attached hydrogen (secondary N) is 1. The van der Waals surface area contributed by atoms with Crippen LogP contribution in [0.1, 0.15) is 24.4 Å². The predicted octanol–water partition coefficient (Wildman–Crippen LogP) is 1.34. The highest BCUT2D eigenvalue weighted by atomic mass is 32.2. The van der Waals surface area contributed by atoms with E-state index in [-0.39, 0.29) is 18.1 Å². The van der Waals surface area contributed by atoms with E-state index in [1.54, 1.807) is 17.6 Å². The fourth-order valence-electron chi connectivity index (χ4n) is 2.12. The summed E-state index contributed by atoms with van der Waals surface area (Å²) in [7, 11) is -0.870. The molecule has 1 aromatic heterocycles. The van der Waals surface area contributed by atoms with E-state index in [4.69, 9.17) is 0 Å². The lowest BCUT2D eigenvalue weighted by Crippen LogP contribution is -2.33. The van der Waals surface area contributed by atoms with Crippen LogP contribution in [0.15, 0.2) is 17.5 Å². The highest BCUT2D eigenvalue weighted by molar-refractivity contribution is 7.84. The third-order valence-electron chi connectivity index (χ3n) is 3.09. The van der Waals surface area contributed by atoms with Gasteiger partial charge in [0.15, 0.2) is 0 Å². The van der Waals surface area contributed by atoms with Gasteiger partial charge in [-0.25, -0.2) is 0 Å². The van der Waals surface area contributed by atoms with E-state index in [0.717, 1.165) is 11.3 Å². The first kappa shape index (κ1) is 13.7. The molecule has 6 heteroatoms. The first-order chi connectivity index (χ1) is 8.63. The van der Waals surface area contributed by atoms with Gasteiger partial charge in [0.25, 0.3) is 0 Å². The van der Waals surface area contributed by atoms with Gasteiger partial charge < -0.3 is 4.90 Å². The van der Waals surface area contributed by atoms with Gasteiger partial charge >= 0.3 is 0 Å². The van der Waals surface area contributed by atoms with Crippen molar-refractivity contribution in [2.75, 3.05) is 18.6 Å². The van der Waals surface area contributed by atoms with Gasteiger partial charge in [0, 0.05) is 34.2 Å². The molecule has 1 aliphatic heterocycles. The zero-order valence-electron chi connectivity index (χ0n) is 10.6. The summed E-state index contributed by atoms with van der Waals surface area (Å²) >= 11 is 1.64. The quantitative estimate of drug-likeness (QED) is 0.888. The molecule has 1 aliphatic rings. The number of rotatable bonds is 5. The molecule has 2 rings (SSSR count). The maximum absolute atomic E-state index is 12.2. The van der Waals surface area contributed by atoms with E-state index in [0.29, 0.717) is 12.3 Å². The summed E-state index contributed by atoms with van der Waals surface area (Å²) in [6.07, 6.45) is 2.41. The molecule has 0 saturated carbocycles. The smallest absolute Gasteiger partial charge is 0.241 e. The molecule has 2 heterocycles. The Labute approximate surface area is 114 Å². The SMILES string of the molecule is CCC1NC(c2cccs2)N(CCS(C)=O)C1=O. The van der Waals surface area contributed by atoms with Crippen LogP contribution in [0.4, 0.5) is 0 Å². The van der Waals surface area contributed by atoms with Gasteiger partial charge in [0.2, 0.25) is 5.91 Å². The Morgan fingerprint density at radius 3 is 2.89 bits per heavy atom. The van der Waals surface area contributed by atoms with Crippen LogP contribution in [0.25, 0.3) is 0 Å². The molecule has 100 valence electrons. The molecule has 3 unspecified atom stereocenters. The molecule has 0 aromatic carbocycles. The highest BCUT2D eigenvalue weighted by Gasteiger charge is 2.38. The second kappa shape index (κ2) is 5.95. The van der Waals surface area contributed by atoms with Gasteiger partial charge in [-0.2, -0.15) is 0 Å². The molecule has 0 radical (unpaired) electrons. The first-order valence-corrected chi connectivity index (χ1v) is 8.64. The average Bonchev–Trinajstić information content (AvgIpc) is 2.94. The largest absolute Gasteiger partial charge is 0.320 e. The van der Waals surface area contributed by atoms with Crippen molar-refractivity contribution in [1.82, 2.24) is 10.2 Å². The second-order valence-electron chi connectivity index (χ2n) is 4.35. The third kappa shape index (κ3) is 2.81. The second-order valence-corrected chi connectivity index (χ2v) is 6.89. The van der Waals surface area contributed by atoms with Gasteiger partial charge in [0.1, 0.15) is 6.17 Å². The first-order valence-electron chi connectivity index (χ1n) is 6.03. The van der Waals surface area contributed by atoms with Crippen molar-refractivity contribution in [2.24, 2.45) is 0 Å². The summed E-state index contributed by atoms with van der Waals surface area (Å²) in [5.74, 6) is 0.660. The number of hydrogen-bond donors (Lipinski definition) is 1. The van der Waals surface area contributed by atoms with E-state index >= 15 is 0 Å². The molecule has 3 atom stereocenters. The Bertz CT molecular complexity index is 433. The number of thiophene rings is 1. The van der Waals surface area contributed by atoms with Gasteiger partial charge in [-0.3, -0.25) is 14.3 Å². The van der Waals surface area contributed by atoms with Crippen LogP contribution >= 0.6 is 11.3 Å². The van der Waals surface area contributed by atoms with Crippen LogP contribution in [-0.4, -0.2) is 39.6 Å². The predicted molar refractivity (Wildman–Crippen MR) is 74.9 cm³/mol. The van der Waals surface area contributed by atoms with Crippen molar-refractivity contribution in [3.63, 3.8) is 0 Å². The normalized spacial score (nSPS) is 25.7. The minimum atomic E-state index is -0.870. The highest BCUT2D eigenvalue weighted by Crippen LogP contribution is 2.29. The van der Waals surface area contributed by atoms with E-state index in [1.807, 2.05) is 29.3 Å². The zero-order valence-corrected chi connectivity index (χ0v) is 12.2. The topological polar surface area (TPSA) is 49.4 Å². The Morgan fingerprint density at radius 2 is 2.33 bits per heavy atom. The van der Waals surface area contributed by atoms with Crippen molar-refractivity contribution in [3.05, 3.63) is 22.4 Å². The fraction of sp³-hybridized carbons (Fsp3) is 0.583. The van der Waals surface area contributed by atoms with Crippen LogP contribution in [0, 0.1) is 0 Å². The van der Waals surface area contributed by atoms with Crippen LogP contribution in [0.3, 0.4) is 0 Å². The Morgan fingerprint density at radius 1 is 1.56 bits per heavy atom. The molecular weight excluding hydrogens is 268 g/mol. The molecule has 1 saturated heterocycles. The lowest BCUT2D eigenvalue weighted by atomic mass is 10.2. The summed E-state index contributed by atoms with van der Waals surface area (Å²) in [6, 6.07) is 3.91. The minimum absolute atomic E-state index is 0.0500. The fourth-order valence-corrected chi connectivity index (χ4v) is 3.37. The molecule has 0 bridgehead atoms. The lowest BCUT2D eigenvalue weighted by Gasteiger charge is -2.22. The maximum Gasteiger partial charge on any atom is 0.241 e. The van der Waals surface area contributed by atoms with E-state index in [9.17, 15) is 9.00 Å². The molecule has 0 aliphatic carbocycles. The Hall–Kier alpha value is -0.720. The molecule has 4 nitrogen and oxygen atoms in total. The van der Waals surface area contributed by atoms with Crippen LogP contribution in [-0.2, 0) is 15.6 Å². The Balaban J connectivity index is 2.15. The molecule has 1 amide bonds. The Kier molecular flexibility index (Phi) is 4.53. The molecule has 1 aromatic rings. The molecule has 0 spiro atoms. The lowest BCUT2D eigenvalue weighted by molar-refractivity contribution is -0.129. The van der Waals surface area contributed by atoms with Crippen LogP contribution in [0.5, 0.6) is 0 Å². The molecule has 18 heavy (non-hydrogen) atoms. The summed E-state index contributed by atoms with van der Waals surface area (Å²) in [4.78, 5) is 15.2. The van der Waals surface area contributed by atoms with Crippen molar-refractivity contribution < 1.29 is 9.00 Å². The standard InChI is InChI=1S/C12H18N2O2S2/c1-3-9-12(15)14(6-8-18(2)16)11(13-9)10-5-4-7-17-10/h4-5,7,9,11,13H,3,6,8H2,1-2H3. The van der Waals surface area contributed by atoms with Gasteiger partial charge in [-0.05, 0) is 17.9 Å². The molecular formula is C12H18N2O2S2. The van der Waals surface area contributed by atoms with Crippen molar-refractivity contribution >= 4 is 28.0 Å². The minimum Gasteiger partial charge on any atom is -0.320 e. The van der Waals surface area contributed by atoms with Crippen LogP contribution < -0.4 is 5.32 Å². The summed E-state index contributed by atoms with van der Waals surface area (Å²) < 4.78 is 11.2. The number of carbonyl (C=O) groups excluding carboxylic acids is 1. The maximum atomic E-state index is 12.2.